The van der Waals surface area contributed by atoms with Crippen LogP contribution in [0.15, 0.2) is 0 Å². The summed E-state index contributed by atoms with van der Waals surface area (Å²) >= 11 is 0. The zero-order chi connectivity index (χ0) is 6.99. The van der Waals surface area contributed by atoms with E-state index in [1.165, 1.54) is 6.42 Å². The van der Waals surface area contributed by atoms with E-state index < -0.39 is 0 Å². The Morgan fingerprint density at radius 1 is 1.62 bits per heavy atom. The molecule has 2 heteroatoms. The highest BCUT2D eigenvalue weighted by Crippen LogP contribution is 1.93. The molecule has 0 rings (SSSR count). The highest BCUT2D eigenvalue weighted by molar-refractivity contribution is 5.42. The number of rotatable bonds is 1. The molecule has 0 bridgehead atoms. The molecule has 8 heavy (non-hydrogen) atoms. The third-order valence-corrected chi connectivity index (χ3v) is 0.816. The lowest BCUT2D eigenvalue weighted by atomic mass is 10.2. The third-order valence-electron chi connectivity index (χ3n) is 0.816. The van der Waals surface area contributed by atoms with Crippen molar-refractivity contribution in [2.45, 2.75) is 27.2 Å². The lowest BCUT2D eigenvalue weighted by Crippen LogP contribution is -1.82. The second-order valence-corrected chi connectivity index (χ2v) is 1.94. The monoisotopic (exact) mass is 117 g/mol. The molecule has 0 unspecified atom stereocenters. The number of nitrogens with two attached hydrogens (primary N) is 1. The SMILES string of the molecule is CCC(C)C.NC=O. The van der Waals surface area contributed by atoms with E-state index >= 15 is 0 Å². The van der Waals surface area contributed by atoms with E-state index in [0.29, 0.717) is 0 Å². The summed E-state index contributed by atoms with van der Waals surface area (Å²) in [5.74, 6) is 0.884. The molecule has 0 spiro atoms. The maximum absolute atomic E-state index is 8.58. The topological polar surface area (TPSA) is 43.1 Å². The Morgan fingerprint density at radius 2 is 1.75 bits per heavy atom. The molecular weight excluding hydrogens is 102 g/mol. The molecule has 2 nitrogen and oxygen atoms in total. The van der Waals surface area contributed by atoms with Crippen LogP contribution in [0.25, 0.3) is 0 Å². The summed E-state index contributed by atoms with van der Waals surface area (Å²) in [4.78, 5) is 8.58. The van der Waals surface area contributed by atoms with Crippen LogP contribution in [0.2, 0.25) is 0 Å². The summed E-state index contributed by atoms with van der Waals surface area (Å²) in [5.41, 5.74) is 4.17. The van der Waals surface area contributed by atoms with E-state index in [1.54, 1.807) is 0 Å². The zero-order valence-corrected chi connectivity index (χ0v) is 5.85. The van der Waals surface area contributed by atoms with Crippen LogP contribution in [0.5, 0.6) is 0 Å². The highest BCUT2D eigenvalue weighted by atomic mass is 16.1. The Morgan fingerprint density at radius 3 is 1.75 bits per heavy atom. The first-order valence-electron chi connectivity index (χ1n) is 2.84. The Bertz CT molecular complexity index is 43.8. The van der Waals surface area contributed by atoms with Crippen LogP contribution in [0.4, 0.5) is 0 Å². The largest absolute Gasteiger partial charge is 0.372 e. The number of carbonyl (C=O) groups is 1. The van der Waals surface area contributed by atoms with Crippen molar-refractivity contribution in [1.29, 1.82) is 0 Å². The predicted molar refractivity (Wildman–Crippen MR) is 35.4 cm³/mol. The van der Waals surface area contributed by atoms with Crippen molar-refractivity contribution in [2.75, 3.05) is 0 Å². The predicted octanol–water partition coefficient (Wildman–Crippen LogP) is 1.15. The molecule has 0 aromatic heterocycles. The van der Waals surface area contributed by atoms with Gasteiger partial charge in [-0.05, 0) is 5.92 Å². The number of carbonyl (C=O) groups excluding carboxylic acids is 1. The van der Waals surface area contributed by atoms with Crippen LogP contribution in [-0.2, 0) is 4.79 Å². The van der Waals surface area contributed by atoms with Crippen LogP contribution in [0.1, 0.15) is 27.2 Å². The van der Waals surface area contributed by atoms with E-state index in [1.807, 2.05) is 0 Å². The molecule has 0 aromatic carbocycles. The molecule has 0 radical (unpaired) electrons. The first-order valence-corrected chi connectivity index (χ1v) is 2.84. The van der Waals surface area contributed by atoms with Gasteiger partial charge in [0.2, 0.25) is 6.41 Å². The molecule has 0 fully saturated rings. The molecule has 1 amide bonds. The van der Waals surface area contributed by atoms with Crippen molar-refractivity contribution in [3.63, 3.8) is 0 Å². The molecular formula is C6H15NO. The Kier molecular flexibility index (Phi) is 12.7. The molecule has 50 valence electrons. The van der Waals surface area contributed by atoms with Crippen molar-refractivity contribution in [3.05, 3.63) is 0 Å². The lowest BCUT2D eigenvalue weighted by Gasteiger charge is -1.90. The van der Waals surface area contributed by atoms with Gasteiger partial charge in [0.15, 0.2) is 0 Å². The Hall–Kier alpha value is -0.530. The first kappa shape index (κ1) is 10.5. The molecule has 0 aromatic rings. The van der Waals surface area contributed by atoms with Crippen LogP contribution in [0.3, 0.4) is 0 Å². The summed E-state index contributed by atoms with van der Waals surface area (Å²) in [5, 5.41) is 0. The van der Waals surface area contributed by atoms with Gasteiger partial charge >= 0.3 is 0 Å². The second-order valence-electron chi connectivity index (χ2n) is 1.94. The minimum Gasteiger partial charge on any atom is -0.372 e. The fraction of sp³-hybridized carbons (Fsp3) is 0.833. The smallest absolute Gasteiger partial charge is 0.204 e. The van der Waals surface area contributed by atoms with E-state index in [-0.39, 0.29) is 6.41 Å². The maximum atomic E-state index is 8.58. The van der Waals surface area contributed by atoms with Crippen molar-refractivity contribution in [3.8, 4) is 0 Å². The van der Waals surface area contributed by atoms with Gasteiger partial charge in [-0.3, -0.25) is 4.79 Å². The summed E-state index contributed by atoms with van der Waals surface area (Å²) in [7, 11) is 0. The number of primary amides is 1. The van der Waals surface area contributed by atoms with Gasteiger partial charge in [-0.2, -0.15) is 0 Å². The maximum Gasteiger partial charge on any atom is 0.204 e. The summed E-state index contributed by atoms with van der Waals surface area (Å²) < 4.78 is 0. The normalized spacial score (nSPS) is 7.50. The zero-order valence-electron chi connectivity index (χ0n) is 5.85. The molecule has 2 N–H and O–H groups in total. The number of hydrogen-bond donors (Lipinski definition) is 1. The molecule has 0 aliphatic rings. The van der Waals surface area contributed by atoms with Crippen molar-refractivity contribution < 1.29 is 4.79 Å². The van der Waals surface area contributed by atoms with Gasteiger partial charge in [0.25, 0.3) is 0 Å². The van der Waals surface area contributed by atoms with E-state index in [4.69, 9.17) is 4.79 Å². The van der Waals surface area contributed by atoms with Crippen molar-refractivity contribution in [1.82, 2.24) is 0 Å². The average Bonchev–Trinajstić information content (AvgIpc) is 1.69. The fourth-order valence-electron chi connectivity index (χ4n) is 0. The number of amides is 1. The molecule has 0 heterocycles. The van der Waals surface area contributed by atoms with Gasteiger partial charge in [0.1, 0.15) is 0 Å². The fourth-order valence-corrected chi connectivity index (χ4v) is 0. The van der Waals surface area contributed by atoms with Gasteiger partial charge in [-0.25, -0.2) is 0 Å². The summed E-state index contributed by atoms with van der Waals surface area (Å²) in [6.45, 7) is 6.64. The van der Waals surface area contributed by atoms with Crippen LogP contribution >= 0.6 is 0 Å². The molecule has 0 aliphatic heterocycles. The standard InChI is InChI=1S/C5H12.CH3NO/c1-4-5(2)3;2-1-3/h5H,4H2,1-3H3;1H,(H2,2,3). The molecule has 0 saturated carbocycles. The Labute approximate surface area is 51.1 Å². The van der Waals surface area contributed by atoms with Crippen molar-refractivity contribution in [2.24, 2.45) is 11.7 Å². The van der Waals surface area contributed by atoms with E-state index in [0.717, 1.165) is 5.92 Å². The van der Waals surface area contributed by atoms with Gasteiger partial charge in [0, 0.05) is 0 Å². The van der Waals surface area contributed by atoms with Gasteiger partial charge in [0.05, 0.1) is 0 Å². The van der Waals surface area contributed by atoms with Crippen LogP contribution in [-0.4, -0.2) is 6.41 Å². The molecule has 0 atom stereocenters. The second kappa shape index (κ2) is 9.69. The summed E-state index contributed by atoms with van der Waals surface area (Å²) in [6, 6.07) is 0. The minimum atomic E-state index is 0.250. The summed E-state index contributed by atoms with van der Waals surface area (Å²) in [6.07, 6.45) is 1.56. The van der Waals surface area contributed by atoms with Gasteiger partial charge in [-0.1, -0.05) is 27.2 Å². The van der Waals surface area contributed by atoms with E-state index in [2.05, 4.69) is 26.5 Å². The lowest BCUT2D eigenvalue weighted by molar-refractivity contribution is -0.106. The van der Waals surface area contributed by atoms with Crippen molar-refractivity contribution >= 4 is 6.41 Å². The average molecular weight is 117 g/mol. The minimum absolute atomic E-state index is 0.250. The quantitative estimate of drug-likeness (QED) is 0.514. The molecule has 0 saturated heterocycles. The highest BCUT2D eigenvalue weighted by Gasteiger charge is 1.80. The number of hydrogen-bond acceptors (Lipinski definition) is 1. The van der Waals surface area contributed by atoms with E-state index in [9.17, 15) is 0 Å². The van der Waals surface area contributed by atoms with Gasteiger partial charge < -0.3 is 5.73 Å². The van der Waals surface area contributed by atoms with Crippen LogP contribution < -0.4 is 5.73 Å². The van der Waals surface area contributed by atoms with Crippen LogP contribution in [0, 0.1) is 5.92 Å². The third kappa shape index (κ3) is 50.6. The Balaban J connectivity index is 0. The molecule has 0 aliphatic carbocycles. The van der Waals surface area contributed by atoms with Gasteiger partial charge in [-0.15, -0.1) is 0 Å². The first-order chi connectivity index (χ1) is 3.68.